The monoisotopic (exact) mass is 1250 g/mol. The quantitative estimate of drug-likeness (QED) is 0.0191. The van der Waals surface area contributed by atoms with Gasteiger partial charge in [-0.1, -0.05) is 35.3 Å². The highest BCUT2D eigenvalue weighted by Crippen LogP contribution is 2.68. The van der Waals surface area contributed by atoms with Gasteiger partial charge in [-0.25, -0.2) is 38.2 Å². The molecule has 0 amide bonds. The summed E-state index contributed by atoms with van der Waals surface area (Å²) in [6.45, 7) is -3.05. The van der Waals surface area contributed by atoms with Gasteiger partial charge in [-0.3, -0.25) is 46.9 Å². The third-order valence-corrected chi connectivity index (χ3v) is 19.8. The molecule has 0 spiro atoms. The number of aryl methyl sites for hydroxylation is 1. The van der Waals surface area contributed by atoms with E-state index >= 15 is 0 Å². The largest absolute Gasteiger partial charge is 0.490 e. The first kappa shape index (κ1) is 60.2. The second-order valence-corrected chi connectivity index (χ2v) is 25.6. The molecule has 6 aromatic heterocycles. The summed E-state index contributed by atoms with van der Waals surface area (Å²) in [4.78, 5) is 98.1. The standard InChI is InChI=1S/C41H53N15O23P4/c1-53-17-56(34-25(53)36(61)52-41(44)50-34)37-26(57)19(8-9-71-10-18-6-4-3-5-7-18)20(75-37)11-73-81(64,65)78-83(68,69)79-82(66,67)74-13-22-30(29(70-2)39(77-22)54-15-47-23-31(42)45-14-46-32(23)54)80(62,63)72-12-21-27(58)28(59)38(76-21)55-16-48-24-33(55)49-40(43)51-35(24)60/h3-7,14-17,19-22,26-30,37-39,57-59H,8-13H2,1-2H3,(H11-,42,43,44,45,46,49,50,51,52,60,61,62,63,64,65,66,67,68,69)/p+1/t19-,20-,21-,22?,26-,27-,28-,29-,30-,37-,38-,39-/m1/s1. The van der Waals surface area contributed by atoms with Crippen molar-refractivity contribution in [3.63, 3.8) is 0 Å². The summed E-state index contributed by atoms with van der Waals surface area (Å²) < 4.78 is 113. The lowest BCUT2D eigenvalue weighted by molar-refractivity contribution is -0.745. The molecule has 0 saturated carbocycles. The van der Waals surface area contributed by atoms with Gasteiger partial charge in [0.2, 0.25) is 17.7 Å². The molecule has 15 N–H and O–H groups in total. The van der Waals surface area contributed by atoms with Gasteiger partial charge in [0.15, 0.2) is 41.4 Å². The molecule has 7 aromatic rings. The summed E-state index contributed by atoms with van der Waals surface area (Å²) in [5, 5.41) is 33.7. The van der Waals surface area contributed by atoms with E-state index in [4.69, 9.17) is 54.5 Å². The molecule has 3 aliphatic heterocycles. The first-order chi connectivity index (χ1) is 39.2. The van der Waals surface area contributed by atoms with Crippen molar-refractivity contribution in [3.05, 3.63) is 81.9 Å². The van der Waals surface area contributed by atoms with Crippen LogP contribution in [0.3, 0.4) is 0 Å². The van der Waals surface area contributed by atoms with Crippen LogP contribution in [0.25, 0.3) is 33.5 Å². The molecule has 5 unspecified atom stereocenters. The molecular formula is C41H54N15O23P4+. The second kappa shape index (κ2) is 23.5. The highest BCUT2D eigenvalue weighted by atomic mass is 31.3. The average Bonchev–Trinajstić information content (AvgIpc) is 4.16. The zero-order valence-corrected chi connectivity index (χ0v) is 46.6. The van der Waals surface area contributed by atoms with Crippen molar-refractivity contribution >= 4 is 82.3 Å². The number of nitrogens with two attached hydrogens (primary N) is 3. The van der Waals surface area contributed by atoms with Gasteiger partial charge in [-0.05, 0) is 12.0 Å². The molecule has 0 bridgehead atoms. The maximum absolute atomic E-state index is 14.5. The Morgan fingerprint density at radius 1 is 0.711 bits per heavy atom. The Morgan fingerprint density at radius 2 is 1.34 bits per heavy atom. The number of hydrogen-bond donors (Lipinski definition) is 12. The number of phosphoric acid groups is 3. The van der Waals surface area contributed by atoms with E-state index in [2.05, 4.69) is 48.5 Å². The van der Waals surface area contributed by atoms with Gasteiger partial charge in [0.05, 0.1) is 52.2 Å². The number of rotatable bonds is 23. The number of aromatic nitrogens is 12. The summed E-state index contributed by atoms with van der Waals surface area (Å²) in [7, 11) is -20.8. The number of nitrogens with one attached hydrogen (secondary N) is 2. The maximum Gasteiger partial charge on any atom is 0.490 e. The van der Waals surface area contributed by atoms with E-state index in [0.29, 0.717) is 0 Å². The van der Waals surface area contributed by atoms with Gasteiger partial charge in [0.1, 0.15) is 54.1 Å². The van der Waals surface area contributed by atoms with Crippen LogP contribution in [0.4, 0.5) is 17.7 Å². The highest BCUT2D eigenvalue weighted by Gasteiger charge is 2.58. The number of anilines is 3. The molecule has 450 valence electrons. The fourth-order valence-electron chi connectivity index (χ4n) is 9.92. The number of imidazole rings is 3. The first-order valence-electron chi connectivity index (χ1n) is 24.5. The summed E-state index contributed by atoms with van der Waals surface area (Å²) in [5.41, 5.74) is 14.7. The first-order valence-corrected chi connectivity index (χ1v) is 30.6. The number of methoxy groups -OCH3 is 1. The van der Waals surface area contributed by atoms with Crippen LogP contribution in [-0.4, -0.2) is 170 Å². The van der Waals surface area contributed by atoms with Crippen molar-refractivity contribution in [2.75, 3.05) is 50.7 Å². The Labute approximate surface area is 464 Å². The third-order valence-electron chi connectivity index (χ3n) is 13.6. The van der Waals surface area contributed by atoms with Crippen LogP contribution in [-0.2, 0) is 77.8 Å². The minimum absolute atomic E-state index is 0.000196. The molecule has 3 saturated heterocycles. The van der Waals surface area contributed by atoms with E-state index in [1.165, 1.54) is 27.1 Å². The number of fused-ring (bicyclic) bond motifs is 3. The zero-order valence-electron chi connectivity index (χ0n) is 43.0. The number of nitrogen functional groups attached to an aromatic ring is 3. The fourth-order valence-corrected chi connectivity index (χ4v) is 15.2. The Kier molecular flexibility index (Phi) is 17.1. The van der Waals surface area contributed by atoms with Crippen LogP contribution in [0.1, 0.15) is 30.7 Å². The van der Waals surface area contributed by atoms with Crippen molar-refractivity contribution in [2.45, 2.75) is 80.1 Å². The Morgan fingerprint density at radius 3 is 2.04 bits per heavy atom. The normalized spacial score (nSPS) is 28.6. The lowest BCUT2D eigenvalue weighted by atomic mass is 9.95. The van der Waals surface area contributed by atoms with Gasteiger partial charge in [-0.2, -0.15) is 13.6 Å². The lowest BCUT2D eigenvalue weighted by Crippen LogP contribution is -2.45. The van der Waals surface area contributed by atoms with E-state index in [9.17, 15) is 62.7 Å². The van der Waals surface area contributed by atoms with E-state index in [1.54, 1.807) is 12.1 Å². The molecule has 3 aliphatic rings. The van der Waals surface area contributed by atoms with Crippen LogP contribution < -0.4 is 32.9 Å². The Hall–Kier alpha value is -5.89. The van der Waals surface area contributed by atoms with Gasteiger partial charge < -0.3 is 80.3 Å². The number of aliphatic hydroxyl groups is 3. The van der Waals surface area contributed by atoms with Crippen molar-refractivity contribution in [3.8, 4) is 0 Å². The summed E-state index contributed by atoms with van der Waals surface area (Å²) in [5.74, 6) is -1.65. The van der Waals surface area contributed by atoms with E-state index in [0.717, 1.165) is 36.2 Å². The van der Waals surface area contributed by atoms with Crippen molar-refractivity contribution in [2.24, 2.45) is 13.0 Å². The second-order valence-electron chi connectivity index (χ2n) is 19.0. The summed E-state index contributed by atoms with van der Waals surface area (Å²) in [6.07, 6.45) is -11.2. The SMILES string of the molecule is CO[C@H]1[C@H](n2cnc3c(N)ncnc32)OC(COP(=O)(O)OP(=O)(O)OP(=O)(O)OC[C@H]2O[C@@H]([n+]3cn(C)c4c(=O)[nH]c(N)nc43)[C@H](O)[C@@H]2CCOCc2ccccc2)[C@H]1P(=O)(O)OC[C@H]1O[C@@H](n2cnc3c(=O)[nH]c(N)nc32)[C@H](O)[C@@H]1O. The minimum Gasteiger partial charge on any atom is -0.387 e. The molecule has 83 heavy (non-hydrogen) atoms. The fraction of sp³-hybridized carbons (Fsp3) is 0.488. The van der Waals surface area contributed by atoms with Crippen molar-refractivity contribution in [1.29, 1.82) is 0 Å². The Bertz CT molecular complexity index is 3850. The smallest absolute Gasteiger partial charge is 0.387 e. The van der Waals surface area contributed by atoms with E-state index < -0.39 is 135 Å². The van der Waals surface area contributed by atoms with Crippen molar-refractivity contribution < 1.29 is 104 Å². The number of aromatic amines is 2. The number of hydrogen-bond acceptors (Lipinski definition) is 28. The third kappa shape index (κ3) is 12.5. The molecule has 1 aromatic carbocycles. The molecule has 10 rings (SSSR count). The molecule has 3 fully saturated rings. The number of phosphoric ester groups is 2. The number of aliphatic hydroxyl groups excluding tert-OH is 3. The van der Waals surface area contributed by atoms with E-state index in [1.807, 2.05) is 18.2 Å². The van der Waals surface area contributed by atoms with E-state index in [-0.39, 0.29) is 70.8 Å². The highest BCUT2D eigenvalue weighted by molar-refractivity contribution is 7.66. The van der Waals surface area contributed by atoms with Crippen LogP contribution in [0.15, 0.2) is 65.2 Å². The van der Waals surface area contributed by atoms with Crippen LogP contribution >= 0.6 is 31.1 Å². The van der Waals surface area contributed by atoms with Crippen LogP contribution in [0.5, 0.6) is 0 Å². The number of nitrogens with zero attached hydrogens (tertiary/aromatic N) is 10. The molecule has 9 heterocycles. The summed E-state index contributed by atoms with van der Waals surface area (Å²) >= 11 is 0. The van der Waals surface area contributed by atoms with Crippen LogP contribution in [0.2, 0.25) is 0 Å². The average molecular weight is 1250 g/mol. The predicted molar refractivity (Wildman–Crippen MR) is 276 cm³/mol. The molecule has 42 heteroatoms. The van der Waals surface area contributed by atoms with Gasteiger partial charge in [0, 0.05) is 19.6 Å². The zero-order chi connectivity index (χ0) is 59.5. The molecule has 38 nitrogen and oxygen atoms in total. The molecular weight excluding hydrogens is 1190 g/mol. The van der Waals surface area contributed by atoms with Gasteiger partial charge in [0.25, 0.3) is 17.1 Å². The molecule has 16 atom stereocenters. The number of ether oxygens (including phenoxy) is 5. The summed E-state index contributed by atoms with van der Waals surface area (Å²) in [6, 6.07) is 9.06. The predicted octanol–water partition coefficient (Wildman–Crippen LogP) is -1.78. The topological polar surface area (TPSA) is 542 Å². The molecule has 0 aliphatic carbocycles. The van der Waals surface area contributed by atoms with Crippen molar-refractivity contribution in [1.82, 2.24) is 53.6 Å². The van der Waals surface area contributed by atoms with Gasteiger partial charge in [-0.15, -0.1) is 0 Å². The number of benzene rings is 1. The van der Waals surface area contributed by atoms with Crippen LogP contribution in [0, 0.1) is 5.92 Å². The minimum atomic E-state index is -6.23. The molecule has 0 radical (unpaired) electrons. The number of H-pyrrole nitrogens is 2. The lowest BCUT2D eigenvalue weighted by Gasteiger charge is -2.28. The maximum atomic E-state index is 14.5. The Balaban J connectivity index is 0.826. The van der Waals surface area contributed by atoms with Gasteiger partial charge >= 0.3 is 36.7 Å².